The van der Waals surface area contributed by atoms with Crippen LogP contribution in [0.15, 0.2) is 0 Å². The number of nitrogens with one attached hydrogen (secondary N) is 1. The molecule has 0 bridgehead atoms. The van der Waals surface area contributed by atoms with E-state index in [-0.39, 0.29) is 6.10 Å². The molecule has 0 aromatic carbocycles. The monoisotopic (exact) mass is 229 g/mol. The number of hydrogen-bond donors (Lipinski definition) is 1. The second-order valence-electron chi connectivity index (χ2n) is 5.13. The normalized spacial score (nSPS) is 24.2. The standard InChI is InChI=1S/C13H27NO2/c1-5-7-11(8-6-2)14-9-12-10-15-13(3,4)16-12/h11-12,14H,5-10H2,1-4H3. The molecule has 0 aromatic heterocycles. The molecular weight excluding hydrogens is 202 g/mol. The summed E-state index contributed by atoms with van der Waals surface area (Å²) in [5.74, 6) is -0.392. The SMILES string of the molecule is CCCC(CCC)NCC1COC(C)(C)O1. The Morgan fingerprint density at radius 2 is 1.88 bits per heavy atom. The summed E-state index contributed by atoms with van der Waals surface area (Å²) in [4.78, 5) is 0. The first-order chi connectivity index (χ1) is 7.57. The van der Waals surface area contributed by atoms with Gasteiger partial charge >= 0.3 is 0 Å². The maximum atomic E-state index is 5.77. The van der Waals surface area contributed by atoms with Crippen LogP contribution in [0.5, 0.6) is 0 Å². The summed E-state index contributed by atoms with van der Waals surface area (Å²) in [5.41, 5.74) is 0. The predicted molar refractivity (Wildman–Crippen MR) is 66.5 cm³/mol. The number of hydrogen-bond acceptors (Lipinski definition) is 3. The first kappa shape index (κ1) is 13.9. The summed E-state index contributed by atoms with van der Waals surface area (Å²) in [5, 5.41) is 3.60. The van der Waals surface area contributed by atoms with Crippen LogP contribution < -0.4 is 5.32 Å². The van der Waals surface area contributed by atoms with Crippen molar-refractivity contribution in [3.8, 4) is 0 Å². The quantitative estimate of drug-likeness (QED) is 0.728. The molecule has 3 heteroatoms. The van der Waals surface area contributed by atoms with Gasteiger partial charge in [0.2, 0.25) is 0 Å². The van der Waals surface area contributed by atoms with Crippen molar-refractivity contribution in [2.24, 2.45) is 0 Å². The molecule has 3 nitrogen and oxygen atoms in total. The van der Waals surface area contributed by atoms with E-state index >= 15 is 0 Å². The molecule has 16 heavy (non-hydrogen) atoms. The van der Waals surface area contributed by atoms with Crippen LogP contribution in [-0.2, 0) is 9.47 Å². The fraction of sp³-hybridized carbons (Fsp3) is 1.00. The molecule has 0 radical (unpaired) electrons. The van der Waals surface area contributed by atoms with Crippen molar-refractivity contribution in [3.63, 3.8) is 0 Å². The molecule has 1 atom stereocenters. The minimum absolute atomic E-state index is 0.214. The third kappa shape index (κ3) is 4.81. The van der Waals surface area contributed by atoms with Gasteiger partial charge in [-0.2, -0.15) is 0 Å². The maximum absolute atomic E-state index is 5.77. The van der Waals surface area contributed by atoms with Gasteiger partial charge in [0.1, 0.15) is 0 Å². The average molecular weight is 229 g/mol. The van der Waals surface area contributed by atoms with Gasteiger partial charge in [-0.05, 0) is 26.7 Å². The molecule has 0 spiro atoms. The van der Waals surface area contributed by atoms with Crippen molar-refractivity contribution in [3.05, 3.63) is 0 Å². The second kappa shape index (κ2) is 6.58. The smallest absolute Gasteiger partial charge is 0.163 e. The Kier molecular flexibility index (Phi) is 5.73. The van der Waals surface area contributed by atoms with Gasteiger partial charge in [-0.1, -0.05) is 26.7 Å². The van der Waals surface area contributed by atoms with Crippen LogP contribution in [0.3, 0.4) is 0 Å². The van der Waals surface area contributed by atoms with E-state index in [1.165, 1.54) is 25.7 Å². The summed E-state index contributed by atoms with van der Waals surface area (Å²) in [7, 11) is 0. The molecule has 0 aromatic rings. The minimum Gasteiger partial charge on any atom is -0.348 e. The summed E-state index contributed by atoms with van der Waals surface area (Å²) >= 11 is 0. The van der Waals surface area contributed by atoms with Crippen LogP contribution in [0.2, 0.25) is 0 Å². The van der Waals surface area contributed by atoms with Crippen LogP contribution in [-0.4, -0.2) is 31.1 Å². The lowest BCUT2D eigenvalue weighted by atomic mass is 10.1. The van der Waals surface area contributed by atoms with E-state index < -0.39 is 5.79 Å². The number of rotatable bonds is 7. The summed E-state index contributed by atoms with van der Waals surface area (Å²) in [6.07, 6.45) is 5.21. The highest BCUT2D eigenvalue weighted by molar-refractivity contribution is 4.75. The number of ether oxygens (including phenoxy) is 2. The zero-order chi connectivity index (χ0) is 12.0. The predicted octanol–water partition coefficient (Wildman–Crippen LogP) is 2.70. The summed E-state index contributed by atoms with van der Waals surface area (Å²) in [6.45, 7) is 10.1. The Balaban J connectivity index is 2.22. The van der Waals surface area contributed by atoms with Crippen LogP contribution in [0, 0.1) is 0 Å². The van der Waals surface area contributed by atoms with Gasteiger partial charge in [-0.3, -0.25) is 0 Å². The highest BCUT2D eigenvalue weighted by Gasteiger charge is 2.32. The van der Waals surface area contributed by atoms with E-state index in [4.69, 9.17) is 9.47 Å². The van der Waals surface area contributed by atoms with Gasteiger partial charge in [0.05, 0.1) is 12.7 Å². The lowest BCUT2D eigenvalue weighted by Crippen LogP contribution is -2.37. The first-order valence-electron chi connectivity index (χ1n) is 6.62. The fourth-order valence-corrected chi connectivity index (χ4v) is 2.21. The van der Waals surface area contributed by atoms with Crippen molar-refractivity contribution in [1.29, 1.82) is 0 Å². The lowest BCUT2D eigenvalue weighted by Gasteiger charge is -2.21. The van der Waals surface area contributed by atoms with E-state index in [0.717, 1.165) is 6.54 Å². The fourth-order valence-electron chi connectivity index (χ4n) is 2.21. The van der Waals surface area contributed by atoms with Crippen molar-refractivity contribution >= 4 is 0 Å². The highest BCUT2D eigenvalue weighted by atomic mass is 16.7. The Labute approximate surface area is 99.9 Å². The van der Waals surface area contributed by atoms with Crippen molar-refractivity contribution in [2.45, 2.75) is 71.3 Å². The molecule has 1 aliphatic heterocycles. The molecule has 1 unspecified atom stereocenters. The molecule has 1 heterocycles. The molecule has 1 N–H and O–H groups in total. The van der Waals surface area contributed by atoms with Crippen LogP contribution >= 0.6 is 0 Å². The van der Waals surface area contributed by atoms with Crippen LogP contribution in [0.4, 0.5) is 0 Å². The van der Waals surface area contributed by atoms with Gasteiger partial charge in [0.25, 0.3) is 0 Å². The van der Waals surface area contributed by atoms with E-state index in [2.05, 4.69) is 19.2 Å². The van der Waals surface area contributed by atoms with E-state index in [1.54, 1.807) is 0 Å². The van der Waals surface area contributed by atoms with Gasteiger partial charge in [-0.15, -0.1) is 0 Å². The average Bonchev–Trinajstić information content (AvgIpc) is 2.55. The Morgan fingerprint density at radius 1 is 1.25 bits per heavy atom. The first-order valence-corrected chi connectivity index (χ1v) is 6.62. The summed E-state index contributed by atoms with van der Waals surface area (Å²) < 4.78 is 11.3. The largest absolute Gasteiger partial charge is 0.348 e. The van der Waals surface area contributed by atoms with E-state index in [1.807, 2.05) is 13.8 Å². The lowest BCUT2D eigenvalue weighted by molar-refractivity contribution is -0.137. The highest BCUT2D eigenvalue weighted by Crippen LogP contribution is 2.21. The zero-order valence-corrected chi connectivity index (χ0v) is 11.2. The third-order valence-electron chi connectivity index (χ3n) is 2.98. The van der Waals surface area contributed by atoms with Gasteiger partial charge < -0.3 is 14.8 Å². The molecular formula is C13H27NO2. The Hall–Kier alpha value is -0.120. The molecule has 1 fully saturated rings. The molecule has 1 rings (SSSR count). The van der Waals surface area contributed by atoms with Gasteiger partial charge in [-0.25, -0.2) is 0 Å². The zero-order valence-electron chi connectivity index (χ0n) is 11.2. The molecule has 0 amide bonds. The molecule has 96 valence electrons. The molecule has 0 aliphatic carbocycles. The maximum Gasteiger partial charge on any atom is 0.163 e. The van der Waals surface area contributed by atoms with Crippen molar-refractivity contribution < 1.29 is 9.47 Å². The van der Waals surface area contributed by atoms with Crippen LogP contribution in [0.1, 0.15) is 53.4 Å². The van der Waals surface area contributed by atoms with Gasteiger partial charge in [0.15, 0.2) is 5.79 Å². The van der Waals surface area contributed by atoms with Gasteiger partial charge in [0, 0.05) is 12.6 Å². The molecule has 1 saturated heterocycles. The van der Waals surface area contributed by atoms with Crippen molar-refractivity contribution in [1.82, 2.24) is 5.32 Å². The van der Waals surface area contributed by atoms with E-state index in [0.29, 0.717) is 12.6 Å². The molecule has 0 saturated carbocycles. The topological polar surface area (TPSA) is 30.5 Å². The summed E-state index contributed by atoms with van der Waals surface area (Å²) in [6, 6.07) is 0.641. The molecule has 1 aliphatic rings. The Bertz CT molecular complexity index is 186. The second-order valence-corrected chi connectivity index (χ2v) is 5.13. The Morgan fingerprint density at radius 3 is 2.31 bits per heavy atom. The van der Waals surface area contributed by atoms with Crippen LogP contribution in [0.25, 0.3) is 0 Å². The third-order valence-corrected chi connectivity index (χ3v) is 2.98. The van der Waals surface area contributed by atoms with E-state index in [9.17, 15) is 0 Å². The van der Waals surface area contributed by atoms with Crippen molar-refractivity contribution in [2.75, 3.05) is 13.2 Å². The minimum atomic E-state index is -0.392.